The summed E-state index contributed by atoms with van der Waals surface area (Å²) in [6.45, 7) is 17.6. The van der Waals surface area contributed by atoms with Crippen molar-refractivity contribution in [2.75, 3.05) is 0 Å². The van der Waals surface area contributed by atoms with Gasteiger partial charge in [-0.3, -0.25) is 6.08 Å². The summed E-state index contributed by atoms with van der Waals surface area (Å²) >= 11 is 1.74. The zero-order valence-corrected chi connectivity index (χ0v) is 25.5. The van der Waals surface area contributed by atoms with Gasteiger partial charge in [0.05, 0.1) is 0 Å². The molecule has 1 unspecified atom stereocenters. The van der Waals surface area contributed by atoms with Gasteiger partial charge >= 0.3 is 41.9 Å². The molecular weight excluding hydrogens is 527 g/mol. The van der Waals surface area contributed by atoms with Crippen molar-refractivity contribution < 1.29 is 48.1 Å². The van der Waals surface area contributed by atoms with Crippen LogP contribution in [0.5, 0.6) is 0 Å². The second kappa shape index (κ2) is 14.5. The number of benzene rings is 2. The van der Waals surface area contributed by atoms with E-state index in [1.807, 2.05) is 0 Å². The van der Waals surface area contributed by atoms with Gasteiger partial charge in [0, 0.05) is 0 Å². The molecule has 0 fully saturated rings. The summed E-state index contributed by atoms with van der Waals surface area (Å²) < 4.78 is 0. The largest absolute Gasteiger partial charge is 1.00 e. The van der Waals surface area contributed by atoms with E-state index < -0.39 is 0 Å². The van der Waals surface area contributed by atoms with E-state index in [-0.39, 0.29) is 30.2 Å². The summed E-state index contributed by atoms with van der Waals surface area (Å²) in [4.78, 5) is 0. The molecular formula is C28H34Cl2SiZr-2. The average molecular weight is 561 g/mol. The Morgan fingerprint density at radius 2 is 1.47 bits per heavy atom. The molecule has 4 rings (SSSR count). The van der Waals surface area contributed by atoms with Gasteiger partial charge in [0.25, 0.3) is 0 Å². The van der Waals surface area contributed by atoms with E-state index in [2.05, 4.69) is 115 Å². The first kappa shape index (κ1) is 31.2. The molecule has 0 aliphatic heterocycles. The van der Waals surface area contributed by atoms with E-state index in [1.54, 1.807) is 23.3 Å². The van der Waals surface area contributed by atoms with Crippen LogP contribution in [0.4, 0.5) is 0 Å². The number of fused-ring (bicyclic) bond motifs is 1. The van der Waals surface area contributed by atoms with Crippen molar-refractivity contribution in [2.24, 2.45) is 5.92 Å². The topological polar surface area (TPSA) is 0 Å². The average Bonchev–Trinajstić information content (AvgIpc) is 3.16. The van der Waals surface area contributed by atoms with Crippen LogP contribution in [0.25, 0.3) is 21.9 Å². The maximum atomic E-state index is 3.36. The molecule has 0 saturated heterocycles. The summed E-state index contributed by atoms with van der Waals surface area (Å²) in [5.41, 5.74) is 9.81. The predicted molar refractivity (Wildman–Crippen MR) is 132 cm³/mol. The van der Waals surface area contributed by atoms with Crippen LogP contribution in [0.2, 0.25) is 13.1 Å². The summed E-state index contributed by atoms with van der Waals surface area (Å²) in [6, 6.07) is 19.6. The molecule has 3 aromatic carbocycles. The van der Waals surface area contributed by atoms with E-state index in [9.17, 15) is 0 Å². The third-order valence-corrected chi connectivity index (χ3v) is 5.54. The van der Waals surface area contributed by atoms with Crippen LogP contribution in [-0.2, 0) is 23.3 Å². The molecule has 4 heteroatoms. The Balaban J connectivity index is 0.000000547. The monoisotopic (exact) mass is 558 g/mol. The van der Waals surface area contributed by atoms with Crippen molar-refractivity contribution >= 4 is 16.2 Å². The zero-order chi connectivity index (χ0) is 22.4. The Bertz CT molecular complexity index is 1090. The molecule has 3 aromatic rings. The molecule has 32 heavy (non-hydrogen) atoms. The molecule has 0 spiro atoms. The van der Waals surface area contributed by atoms with Gasteiger partial charge in [-0.05, 0) is 12.5 Å². The summed E-state index contributed by atoms with van der Waals surface area (Å²) in [6.07, 6.45) is 3.36. The number of allylic oxidation sites excluding steroid dienone is 4. The first-order valence-corrected chi connectivity index (χ1v) is 16.8. The zero-order valence-electron chi connectivity index (χ0n) is 20.5. The van der Waals surface area contributed by atoms with E-state index in [0.717, 1.165) is 0 Å². The van der Waals surface area contributed by atoms with Gasteiger partial charge in [0.15, 0.2) is 0 Å². The fourth-order valence-corrected chi connectivity index (χ4v) is 3.69. The van der Waals surface area contributed by atoms with Crippen LogP contribution in [0.3, 0.4) is 0 Å². The summed E-state index contributed by atoms with van der Waals surface area (Å²) in [5.74, 6) is 0.560. The Kier molecular flexibility index (Phi) is 14.1. The maximum Gasteiger partial charge on any atom is -0.0276 e. The number of hydrogen-bond donors (Lipinski definition) is 0. The van der Waals surface area contributed by atoms with E-state index in [0.29, 0.717) is 5.92 Å². The molecule has 170 valence electrons. The van der Waals surface area contributed by atoms with Crippen LogP contribution in [0.1, 0.15) is 38.8 Å². The van der Waals surface area contributed by atoms with Gasteiger partial charge < -0.3 is 24.8 Å². The Hall–Kier alpha value is -0.790. The van der Waals surface area contributed by atoms with E-state index in [1.165, 1.54) is 49.7 Å². The van der Waals surface area contributed by atoms with Gasteiger partial charge in [-0.1, -0.05) is 75.1 Å². The molecule has 1 aliphatic rings. The molecule has 1 aliphatic carbocycles. The quantitative estimate of drug-likeness (QED) is 0.317. The normalized spacial score (nSPS) is 14.3. The van der Waals surface area contributed by atoms with Gasteiger partial charge in [-0.15, -0.1) is 41.5 Å². The molecule has 0 bridgehead atoms. The standard InChI is InChI=1S/C17H15.C9H13.C2H6Si.2ClH.Zr/c1-12-10-15-9-8-13(2)17(16(15)11-12)14-6-4-3-5-7-14;1-6-5-7(2)9(4)8(6)3;1-3-2;;;/h3-11H,1-2H3;6H,1-4H3;1-2H3;2*1H;/q2*-1;;;;+2/p-2. The molecule has 0 nitrogen and oxygen atoms in total. The van der Waals surface area contributed by atoms with Gasteiger partial charge in [-0.25, -0.2) is 5.57 Å². The number of halogens is 2. The number of aryl methyl sites for hydroxylation is 2. The molecule has 0 aromatic heterocycles. The molecule has 0 amide bonds. The van der Waals surface area contributed by atoms with Crippen molar-refractivity contribution in [3.8, 4) is 11.1 Å². The number of hydrogen-bond acceptors (Lipinski definition) is 0. The maximum absolute atomic E-state index is 3.36. The second-order valence-electron chi connectivity index (χ2n) is 8.46. The Morgan fingerprint density at radius 3 is 1.91 bits per heavy atom. The molecule has 0 heterocycles. The second-order valence-corrected chi connectivity index (χ2v) is 17.8. The Labute approximate surface area is 223 Å². The SMILES string of the molecule is CC1=[C-]C(C)C(C)=C1C.C[Si](C)=[Zr+2].Cc1cc2c(-c3ccccc3)c(C)ccc2[cH-]1.[Cl-].[Cl-]. The minimum absolute atomic E-state index is 0. The van der Waals surface area contributed by atoms with Crippen LogP contribution >= 0.6 is 0 Å². The predicted octanol–water partition coefficient (Wildman–Crippen LogP) is 2.36. The molecule has 1 atom stereocenters. The smallest absolute Gasteiger partial charge is 0.0276 e. The third kappa shape index (κ3) is 8.53. The van der Waals surface area contributed by atoms with Crippen LogP contribution in [0, 0.1) is 25.8 Å². The first-order chi connectivity index (χ1) is 14.1. The van der Waals surface area contributed by atoms with Crippen molar-refractivity contribution in [3.63, 3.8) is 0 Å². The minimum atomic E-state index is 0. The summed E-state index contributed by atoms with van der Waals surface area (Å²) in [5, 5.41) is 2.71. The Morgan fingerprint density at radius 1 is 0.906 bits per heavy atom. The van der Waals surface area contributed by atoms with Crippen LogP contribution in [-0.4, -0.2) is 5.43 Å². The fraction of sp³-hybridized carbons (Fsp3) is 0.321. The van der Waals surface area contributed by atoms with Crippen LogP contribution in [0.15, 0.2) is 71.3 Å². The van der Waals surface area contributed by atoms with Gasteiger partial charge in [0.2, 0.25) is 0 Å². The van der Waals surface area contributed by atoms with Crippen molar-refractivity contribution in [3.05, 3.63) is 88.5 Å². The van der Waals surface area contributed by atoms with Crippen LogP contribution < -0.4 is 24.8 Å². The van der Waals surface area contributed by atoms with E-state index in [4.69, 9.17) is 0 Å². The van der Waals surface area contributed by atoms with Gasteiger partial charge in [0.1, 0.15) is 0 Å². The van der Waals surface area contributed by atoms with Crippen molar-refractivity contribution in [1.29, 1.82) is 0 Å². The van der Waals surface area contributed by atoms with Crippen molar-refractivity contribution in [2.45, 2.75) is 54.6 Å². The summed E-state index contributed by atoms with van der Waals surface area (Å²) in [7, 11) is 0. The molecule has 0 radical (unpaired) electrons. The van der Waals surface area contributed by atoms with Gasteiger partial charge in [-0.2, -0.15) is 17.2 Å². The molecule has 0 N–H and O–H groups in total. The molecule has 0 saturated carbocycles. The van der Waals surface area contributed by atoms with Crippen molar-refractivity contribution in [1.82, 2.24) is 0 Å². The number of rotatable bonds is 1. The third-order valence-electron chi connectivity index (χ3n) is 5.54. The fourth-order valence-electron chi connectivity index (χ4n) is 3.69. The van der Waals surface area contributed by atoms with E-state index >= 15 is 0 Å². The minimum Gasteiger partial charge on any atom is -1.00 e. The first-order valence-electron chi connectivity index (χ1n) is 10.6.